The average Bonchev–Trinajstić information content (AvgIpc) is 3.23. The van der Waals surface area contributed by atoms with Crippen molar-refractivity contribution >= 4 is 5.69 Å². The lowest BCUT2D eigenvalue weighted by Gasteiger charge is -2.06. The van der Waals surface area contributed by atoms with Crippen molar-refractivity contribution < 1.29 is 14.4 Å². The van der Waals surface area contributed by atoms with Gasteiger partial charge in [0.05, 0.1) is 16.7 Å². The molecule has 0 aliphatic rings. The number of imidazole rings is 1. The van der Waals surface area contributed by atoms with E-state index in [-0.39, 0.29) is 5.69 Å². The van der Waals surface area contributed by atoms with Crippen LogP contribution in [0.2, 0.25) is 0 Å². The fourth-order valence-corrected chi connectivity index (χ4v) is 2.74. The van der Waals surface area contributed by atoms with E-state index in [4.69, 9.17) is 9.47 Å². The van der Waals surface area contributed by atoms with Gasteiger partial charge in [0.15, 0.2) is 0 Å². The Morgan fingerprint density at radius 1 is 0.897 bits per heavy atom. The van der Waals surface area contributed by atoms with E-state index in [1.54, 1.807) is 24.3 Å². The van der Waals surface area contributed by atoms with Crippen molar-refractivity contribution in [2.45, 2.75) is 6.61 Å². The van der Waals surface area contributed by atoms with Gasteiger partial charge in [-0.15, -0.1) is 0 Å². The number of nitro benzene ring substituents is 1. The molecule has 0 aliphatic carbocycles. The highest BCUT2D eigenvalue weighted by Crippen LogP contribution is 2.27. The van der Waals surface area contributed by atoms with Gasteiger partial charge in [-0.3, -0.25) is 10.1 Å². The third kappa shape index (κ3) is 4.59. The van der Waals surface area contributed by atoms with E-state index in [2.05, 4.69) is 9.97 Å². The summed E-state index contributed by atoms with van der Waals surface area (Å²) in [5.74, 6) is 2.50. The Morgan fingerprint density at radius 3 is 2.41 bits per heavy atom. The molecule has 1 N–H and O–H groups in total. The number of hydrogen-bond donors (Lipinski definition) is 1. The van der Waals surface area contributed by atoms with Crippen LogP contribution in [0.25, 0.3) is 11.3 Å². The van der Waals surface area contributed by atoms with Crippen LogP contribution in [0.5, 0.6) is 17.2 Å². The molecular formula is C22H17N3O4. The van der Waals surface area contributed by atoms with Crippen LogP contribution in [-0.2, 0) is 6.61 Å². The predicted molar refractivity (Wildman–Crippen MR) is 108 cm³/mol. The maximum absolute atomic E-state index is 10.9. The highest BCUT2D eigenvalue weighted by Gasteiger charge is 2.08. The molecule has 0 spiro atoms. The number of aromatic amines is 1. The van der Waals surface area contributed by atoms with Crippen LogP contribution in [0, 0.1) is 10.1 Å². The molecule has 4 rings (SSSR count). The SMILES string of the molecule is O=[N+]([O-])c1cccc(Oc2ccc(-c3c[nH]c(COc4ccccc4)n3)cc2)c1. The summed E-state index contributed by atoms with van der Waals surface area (Å²) in [4.78, 5) is 18.1. The Kier molecular flexibility index (Phi) is 5.20. The van der Waals surface area contributed by atoms with Crippen molar-refractivity contribution in [1.29, 1.82) is 0 Å². The van der Waals surface area contributed by atoms with Gasteiger partial charge in [-0.25, -0.2) is 4.98 Å². The van der Waals surface area contributed by atoms with Crippen LogP contribution in [-0.4, -0.2) is 14.9 Å². The monoisotopic (exact) mass is 387 g/mol. The van der Waals surface area contributed by atoms with E-state index >= 15 is 0 Å². The van der Waals surface area contributed by atoms with Gasteiger partial charge in [0.25, 0.3) is 5.69 Å². The molecule has 1 heterocycles. The van der Waals surface area contributed by atoms with E-state index in [9.17, 15) is 10.1 Å². The molecule has 7 heteroatoms. The number of benzene rings is 3. The lowest BCUT2D eigenvalue weighted by molar-refractivity contribution is -0.384. The Labute approximate surface area is 166 Å². The van der Waals surface area contributed by atoms with Gasteiger partial charge in [0, 0.05) is 17.8 Å². The van der Waals surface area contributed by atoms with Crippen LogP contribution >= 0.6 is 0 Å². The molecule has 144 valence electrons. The summed E-state index contributed by atoms with van der Waals surface area (Å²) in [6.07, 6.45) is 1.82. The highest BCUT2D eigenvalue weighted by atomic mass is 16.6. The average molecular weight is 387 g/mol. The first kappa shape index (κ1) is 18.2. The Balaban J connectivity index is 1.41. The molecule has 0 radical (unpaired) electrons. The number of nitrogens with one attached hydrogen (secondary N) is 1. The van der Waals surface area contributed by atoms with Crippen molar-refractivity contribution in [2.75, 3.05) is 0 Å². The van der Waals surface area contributed by atoms with Crippen LogP contribution in [0.3, 0.4) is 0 Å². The molecule has 0 bridgehead atoms. The summed E-state index contributed by atoms with van der Waals surface area (Å²) in [7, 11) is 0. The van der Waals surface area contributed by atoms with Gasteiger partial charge in [0.2, 0.25) is 0 Å². The van der Waals surface area contributed by atoms with E-state index in [0.29, 0.717) is 18.1 Å². The van der Waals surface area contributed by atoms with Crippen LogP contribution in [0.15, 0.2) is 85.1 Å². The Morgan fingerprint density at radius 2 is 1.66 bits per heavy atom. The first-order valence-corrected chi connectivity index (χ1v) is 8.92. The topological polar surface area (TPSA) is 90.3 Å². The summed E-state index contributed by atoms with van der Waals surface area (Å²) in [6, 6.07) is 23.0. The number of rotatable bonds is 7. The molecule has 0 fully saturated rings. The van der Waals surface area contributed by atoms with Crippen LogP contribution in [0.1, 0.15) is 5.82 Å². The van der Waals surface area contributed by atoms with E-state index < -0.39 is 4.92 Å². The molecule has 0 amide bonds. The second-order valence-electron chi connectivity index (χ2n) is 6.22. The van der Waals surface area contributed by atoms with Gasteiger partial charge < -0.3 is 14.5 Å². The number of aromatic nitrogens is 2. The number of H-pyrrole nitrogens is 1. The Hall–Kier alpha value is -4.13. The zero-order chi connectivity index (χ0) is 20.1. The van der Waals surface area contributed by atoms with Crippen molar-refractivity contribution in [2.24, 2.45) is 0 Å². The van der Waals surface area contributed by atoms with Crippen molar-refractivity contribution in [3.8, 4) is 28.5 Å². The number of nitrogens with zero attached hydrogens (tertiary/aromatic N) is 2. The Bertz CT molecular complexity index is 1110. The summed E-state index contributed by atoms with van der Waals surface area (Å²) >= 11 is 0. The molecule has 0 aliphatic heterocycles. The standard InChI is InChI=1S/C22H17N3O4/c26-25(27)17-5-4-8-20(13-17)29-19-11-9-16(10-12-19)21-14-23-22(24-21)15-28-18-6-2-1-3-7-18/h1-14H,15H2,(H,23,24). The number of hydrogen-bond acceptors (Lipinski definition) is 5. The van der Waals surface area contributed by atoms with Crippen LogP contribution in [0.4, 0.5) is 5.69 Å². The minimum atomic E-state index is -0.452. The summed E-state index contributed by atoms with van der Waals surface area (Å²) in [5, 5.41) is 10.9. The molecule has 3 aromatic carbocycles. The minimum absolute atomic E-state index is 0.0131. The predicted octanol–water partition coefficient (Wildman–Crippen LogP) is 5.36. The van der Waals surface area contributed by atoms with E-state index in [1.165, 1.54) is 12.1 Å². The maximum Gasteiger partial charge on any atom is 0.273 e. The molecule has 4 aromatic rings. The summed E-state index contributed by atoms with van der Waals surface area (Å²) in [6.45, 7) is 0.345. The number of non-ortho nitro benzene ring substituents is 1. The molecule has 0 unspecified atom stereocenters. The highest BCUT2D eigenvalue weighted by molar-refractivity contribution is 5.59. The first-order valence-electron chi connectivity index (χ1n) is 8.92. The van der Waals surface area contributed by atoms with Crippen LogP contribution < -0.4 is 9.47 Å². The second-order valence-corrected chi connectivity index (χ2v) is 6.22. The number of nitro groups is 1. The minimum Gasteiger partial charge on any atom is -0.486 e. The normalized spacial score (nSPS) is 10.5. The van der Waals surface area contributed by atoms with E-state index in [0.717, 1.165) is 22.8 Å². The molecule has 0 saturated heterocycles. The van der Waals surface area contributed by atoms with Gasteiger partial charge >= 0.3 is 0 Å². The third-order valence-corrected chi connectivity index (χ3v) is 4.16. The van der Waals surface area contributed by atoms with Crippen molar-refractivity contribution in [1.82, 2.24) is 9.97 Å². The summed E-state index contributed by atoms with van der Waals surface area (Å²) in [5.41, 5.74) is 1.69. The third-order valence-electron chi connectivity index (χ3n) is 4.16. The lowest BCUT2D eigenvalue weighted by Crippen LogP contribution is -1.97. The smallest absolute Gasteiger partial charge is 0.273 e. The van der Waals surface area contributed by atoms with Gasteiger partial charge in [-0.1, -0.05) is 24.3 Å². The molecular weight excluding hydrogens is 370 g/mol. The quantitative estimate of drug-likeness (QED) is 0.341. The zero-order valence-corrected chi connectivity index (χ0v) is 15.3. The molecule has 1 aromatic heterocycles. The van der Waals surface area contributed by atoms with Gasteiger partial charge in [-0.2, -0.15) is 0 Å². The number of ether oxygens (including phenoxy) is 2. The second kappa shape index (κ2) is 8.26. The fourth-order valence-electron chi connectivity index (χ4n) is 2.74. The molecule has 7 nitrogen and oxygen atoms in total. The summed E-state index contributed by atoms with van der Waals surface area (Å²) < 4.78 is 11.4. The first-order chi connectivity index (χ1) is 14.2. The van der Waals surface area contributed by atoms with Gasteiger partial charge in [-0.05, 0) is 42.5 Å². The molecule has 29 heavy (non-hydrogen) atoms. The van der Waals surface area contributed by atoms with Gasteiger partial charge in [0.1, 0.15) is 29.7 Å². The zero-order valence-electron chi connectivity index (χ0n) is 15.3. The van der Waals surface area contributed by atoms with Crippen molar-refractivity contribution in [3.05, 3.63) is 101 Å². The largest absolute Gasteiger partial charge is 0.486 e. The number of para-hydroxylation sites is 1. The maximum atomic E-state index is 10.9. The fraction of sp³-hybridized carbons (Fsp3) is 0.0455. The lowest BCUT2D eigenvalue weighted by atomic mass is 10.1. The molecule has 0 atom stereocenters. The van der Waals surface area contributed by atoms with Crippen molar-refractivity contribution in [3.63, 3.8) is 0 Å². The van der Waals surface area contributed by atoms with E-state index in [1.807, 2.05) is 48.7 Å². The molecule has 0 saturated carbocycles.